The highest BCUT2D eigenvalue weighted by Gasteiger charge is 2.32. The third kappa shape index (κ3) is 11.3. The Kier molecular flexibility index (Phi) is 14.3. The molecule has 0 aliphatic carbocycles. The molecule has 0 aliphatic rings. The van der Waals surface area contributed by atoms with Crippen LogP contribution < -0.4 is 21.7 Å². The Bertz CT molecular complexity index is 691. The van der Waals surface area contributed by atoms with Crippen LogP contribution in [0.15, 0.2) is 0 Å². The lowest BCUT2D eigenvalue weighted by Gasteiger charge is -2.26. The summed E-state index contributed by atoms with van der Waals surface area (Å²) in [5, 5.41) is 35.1. The maximum atomic E-state index is 12.8. The first-order chi connectivity index (χ1) is 15.3. The van der Waals surface area contributed by atoms with Gasteiger partial charge < -0.3 is 37.0 Å². The van der Waals surface area contributed by atoms with E-state index in [-0.39, 0.29) is 18.8 Å². The number of hydrogen-bond acceptors (Lipinski definition) is 8. The molecule has 0 aromatic rings. The Morgan fingerprint density at radius 3 is 1.88 bits per heavy atom. The predicted molar refractivity (Wildman–Crippen MR) is 122 cm³/mol. The Labute approximate surface area is 197 Å². The van der Waals surface area contributed by atoms with Crippen molar-refractivity contribution < 1.29 is 39.3 Å². The van der Waals surface area contributed by atoms with Gasteiger partial charge in [-0.2, -0.15) is 11.8 Å². The van der Waals surface area contributed by atoms with Crippen LogP contribution >= 0.6 is 11.8 Å². The van der Waals surface area contributed by atoms with Crippen LogP contribution in [0.3, 0.4) is 0 Å². The molecule has 33 heavy (non-hydrogen) atoms. The van der Waals surface area contributed by atoms with Crippen LogP contribution in [0, 0.1) is 5.92 Å². The van der Waals surface area contributed by atoms with Gasteiger partial charge in [0, 0.05) is 6.42 Å². The van der Waals surface area contributed by atoms with Gasteiger partial charge in [-0.15, -0.1) is 0 Å². The van der Waals surface area contributed by atoms with Crippen molar-refractivity contribution in [3.63, 3.8) is 0 Å². The molecule has 0 aromatic carbocycles. The molecule has 0 saturated carbocycles. The molecule has 0 aliphatic heterocycles. The maximum Gasteiger partial charge on any atom is 0.326 e. The van der Waals surface area contributed by atoms with Gasteiger partial charge in [-0.1, -0.05) is 20.3 Å². The maximum absolute atomic E-state index is 12.8. The van der Waals surface area contributed by atoms with E-state index in [1.807, 2.05) is 0 Å². The summed E-state index contributed by atoms with van der Waals surface area (Å²) >= 11 is 1.41. The molecule has 190 valence electrons. The molecular formula is C20H36N4O8S. The van der Waals surface area contributed by atoms with E-state index in [9.17, 15) is 34.2 Å². The Morgan fingerprint density at radius 2 is 1.42 bits per heavy atom. The van der Waals surface area contributed by atoms with Crippen molar-refractivity contribution in [1.82, 2.24) is 16.0 Å². The number of aliphatic hydroxyl groups is 1. The summed E-state index contributed by atoms with van der Waals surface area (Å²) in [4.78, 5) is 60.4. The molecule has 0 rings (SSSR count). The number of rotatable bonds is 16. The van der Waals surface area contributed by atoms with Crippen LogP contribution in [-0.2, 0) is 24.0 Å². The van der Waals surface area contributed by atoms with E-state index in [0.717, 1.165) is 0 Å². The van der Waals surface area contributed by atoms with Crippen LogP contribution in [0.2, 0.25) is 0 Å². The number of carboxylic acid groups (broad SMARTS) is 2. The Hall–Kier alpha value is -2.38. The normalized spacial score (nSPS) is 16.4. The van der Waals surface area contributed by atoms with Crippen LogP contribution in [0.4, 0.5) is 0 Å². The first kappa shape index (κ1) is 30.6. The average molecular weight is 493 g/mol. The van der Waals surface area contributed by atoms with Gasteiger partial charge >= 0.3 is 11.9 Å². The zero-order valence-electron chi connectivity index (χ0n) is 19.4. The van der Waals surface area contributed by atoms with Gasteiger partial charge in [0.15, 0.2) is 0 Å². The van der Waals surface area contributed by atoms with Crippen molar-refractivity contribution in [2.24, 2.45) is 11.7 Å². The molecule has 0 heterocycles. The van der Waals surface area contributed by atoms with Crippen molar-refractivity contribution in [1.29, 1.82) is 0 Å². The molecule has 0 bridgehead atoms. The topological polar surface area (TPSA) is 208 Å². The van der Waals surface area contributed by atoms with E-state index < -0.39 is 66.4 Å². The second-order valence-electron chi connectivity index (χ2n) is 7.81. The van der Waals surface area contributed by atoms with Gasteiger partial charge in [0.25, 0.3) is 0 Å². The summed E-state index contributed by atoms with van der Waals surface area (Å²) in [6.45, 7) is 4.75. The van der Waals surface area contributed by atoms with E-state index in [2.05, 4.69) is 16.0 Å². The second-order valence-corrected chi connectivity index (χ2v) is 8.80. The van der Waals surface area contributed by atoms with E-state index in [1.54, 1.807) is 20.1 Å². The quantitative estimate of drug-likeness (QED) is 0.138. The molecule has 3 amide bonds. The number of aliphatic carboxylic acids is 2. The van der Waals surface area contributed by atoms with Crippen molar-refractivity contribution in [3.8, 4) is 0 Å². The number of carboxylic acids is 2. The summed E-state index contributed by atoms with van der Waals surface area (Å²) < 4.78 is 0. The summed E-state index contributed by atoms with van der Waals surface area (Å²) in [5.41, 5.74) is 5.57. The third-order valence-electron chi connectivity index (χ3n) is 5.12. The number of thioether (sulfide) groups is 1. The number of hydrogen-bond donors (Lipinski definition) is 7. The summed E-state index contributed by atoms with van der Waals surface area (Å²) in [5.74, 6) is -4.66. The van der Waals surface area contributed by atoms with Crippen molar-refractivity contribution in [2.45, 2.75) is 76.7 Å². The van der Waals surface area contributed by atoms with Crippen molar-refractivity contribution in [2.75, 3.05) is 12.0 Å². The average Bonchev–Trinajstić information content (AvgIpc) is 2.75. The molecule has 8 N–H and O–H groups in total. The Morgan fingerprint density at radius 1 is 0.909 bits per heavy atom. The fraction of sp³-hybridized carbons (Fsp3) is 0.750. The number of aliphatic hydroxyl groups excluding tert-OH is 1. The fourth-order valence-electron chi connectivity index (χ4n) is 2.74. The number of nitrogens with two attached hydrogens (primary N) is 1. The number of carbonyl (C=O) groups excluding carboxylic acids is 3. The van der Waals surface area contributed by atoms with Gasteiger partial charge in [-0.3, -0.25) is 19.2 Å². The molecule has 0 fully saturated rings. The largest absolute Gasteiger partial charge is 0.481 e. The minimum atomic E-state index is -1.34. The highest BCUT2D eigenvalue weighted by atomic mass is 32.2. The molecule has 13 heteroatoms. The van der Waals surface area contributed by atoms with Gasteiger partial charge in [-0.05, 0) is 37.7 Å². The standard InChI is InChI=1S/C20H36N4O8S/c1-5-10(2)16(20(31)32)24-18(29)13(8-9-33-4)22-17(28)12(6-7-14(26)27)23-19(30)15(21)11(3)25/h10-13,15-16,25H,5-9,21H2,1-4H3,(H,22,28)(H,23,30)(H,24,29)(H,26,27)(H,31,32). The molecule has 0 radical (unpaired) electrons. The van der Waals surface area contributed by atoms with E-state index in [1.165, 1.54) is 18.7 Å². The number of amides is 3. The van der Waals surface area contributed by atoms with Gasteiger partial charge in [0.2, 0.25) is 17.7 Å². The van der Waals surface area contributed by atoms with E-state index in [4.69, 9.17) is 10.8 Å². The molecule has 0 saturated heterocycles. The molecule has 6 unspecified atom stereocenters. The summed E-state index contributed by atoms with van der Waals surface area (Å²) in [6.07, 6.45) is 0.551. The first-order valence-electron chi connectivity index (χ1n) is 10.6. The van der Waals surface area contributed by atoms with Crippen molar-refractivity contribution >= 4 is 41.4 Å². The van der Waals surface area contributed by atoms with Crippen molar-refractivity contribution in [3.05, 3.63) is 0 Å². The molecular weight excluding hydrogens is 456 g/mol. The smallest absolute Gasteiger partial charge is 0.326 e. The minimum absolute atomic E-state index is 0.179. The van der Waals surface area contributed by atoms with Gasteiger partial charge in [0.05, 0.1) is 6.10 Å². The zero-order chi connectivity index (χ0) is 25.7. The number of nitrogens with one attached hydrogen (secondary N) is 3. The van der Waals surface area contributed by atoms with Crippen LogP contribution in [-0.4, -0.2) is 87.3 Å². The number of carbonyl (C=O) groups is 5. The van der Waals surface area contributed by atoms with Crippen LogP contribution in [0.5, 0.6) is 0 Å². The zero-order valence-corrected chi connectivity index (χ0v) is 20.2. The molecule has 6 atom stereocenters. The highest BCUT2D eigenvalue weighted by molar-refractivity contribution is 7.98. The van der Waals surface area contributed by atoms with E-state index >= 15 is 0 Å². The second kappa shape index (κ2) is 15.5. The summed E-state index contributed by atoms with van der Waals surface area (Å²) in [7, 11) is 0. The monoisotopic (exact) mass is 492 g/mol. The third-order valence-corrected chi connectivity index (χ3v) is 5.77. The van der Waals surface area contributed by atoms with E-state index in [0.29, 0.717) is 12.2 Å². The minimum Gasteiger partial charge on any atom is -0.481 e. The fourth-order valence-corrected chi connectivity index (χ4v) is 3.21. The van der Waals surface area contributed by atoms with Gasteiger partial charge in [0.1, 0.15) is 24.2 Å². The van der Waals surface area contributed by atoms with Crippen LogP contribution in [0.1, 0.15) is 46.5 Å². The van der Waals surface area contributed by atoms with Gasteiger partial charge in [-0.25, -0.2) is 4.79 Å². The Balaban J connectivity index is 5.57. The molecule has 12 nitrogen and oxygen atoms in total. The molecule has 0 spiro atoms. The molecule has 0 aromatic heterocycles. The van der Waals surface area contributed by atoms with Crippen LogP contribution in [0.25, 0.3) is 0 Å². The lowest BCUT2D eigenvalue weighted by atomic mass is 9.98. The summed E-state index contributed by atoms with van der Waals surface area (Å²) in [6, 6.07) is -4.92. The first-order valence-corrected chi connectivity index (χ1v) is 12.0. The lowest BCUT2D eigenvalue weighted by Crippen LogP contribution is -2.58. The predicted octanol–water partition coefficient (Wildman–Crippen LogP) is -1.10. The highest BCUT2D eigenvalue weighted by Crippen LogP contribution is 2.10. The lowest BCUT2D eigenvalue weighted by molar-refractivity contribution is -0.143. The SMILES string of the molecule is CCC(C)C(NC(=O)C(CCSC)NC(=O)C(CCC(=O)O)NC(=O)C(N)C(C)O)C(=O)O.